The van der Waals surface area contributed by atoms with Crippen LogP contribution in [0.4, 0.5) is 4.79 Å². The first-order chi connectivity index (χ1) is 20.1. The van der Waals surface area contributed by atoms with E-state index in [9.17, 15) is 9.59 Å². The maximum Gasteiger partial charge on any atom is 0.407 e. The summed E-state index contributed by atoms with van der Waals surface area (Å²) in [5.74, 6) is -0.0971. The number of amides is 2. The van der Waals surface area contributed by atoms with Gasteiger partial charge in [-0.05, 0) is 32.0 Å². The summed E-state index contributed by atoms with van der Waals surface area (Å²) in [6.07, 6.45) is 23.3. The molecule has 0 aliphatic rings. The van der Waals surface area contributed by atoms with Crippen molar-refractivity contribution in [3.05, 3.63) is 35.4 Å². The number of ether oxygens (including phenoxy) is 1. The van der Waals surface area contributed by atoms with E-state index in [0.29, 0.717) is 18.7 Å². The zero-order chi connectivity index (χ0) is 29.8. The van der Waals surface area contributed by atoms with Crippen molar-refractivity contribution in [2.75, 3.05) is 32.7 Å². The molecule has 2 amide bonds. The molecule has 1 rings (SSSR count). The van der Waals surface area contributed by atoms with E-state index >= 15 is 0 Å². The third-order valence-corrected chi connectivity index (χ3v) is 7.91. The standard InChI is InChI=1S/C35H63N3O3/c1-4-7-9-10-11-12-13-14-15-16-17-18-19-20-21-24-27-36-34(39)33-26-23-22-25-32(33)31-41-35(40)37-28-30-38(6-3)29-8-5-2/h22-23,25-26H,4-21,24,27-31H2,1-3H3,(H,36,39)(H,37,40). The van der Waals surface area contributed by atoms with Crippen LogP contribution in [0.25, 0.3) is 0 Å². The van der Waals surface area contributed by atoms with Crippen LogP contribution in [0, 0.1) is 0 Å². The zero-order valence-electron chi connectivity index (χ0n) is 27.0. The van der Waals surface area contributed by atoms with Gasteiger partial charge in [-0.2, -0.15) is 0 Å². The molecule has 0 atom stereocenters. The summed E-state index contributed by atoms with van der Waals surface area (Å²) in [6.45, 7) is 10.7. The fraction of sp³-hybridized carbons (Fsp3) is 0.771. The number of nitrogens with zero attached hydrogens (tertiary/aromatic N) is 1. The van der Waals surface area contributed by atoms with E-state index in [-0.39, 0.29) is 12.5 Å². The van der Waals surface area contributed by atoms with Crippen LogP contribution >= 0.6 is 0 Å². The molecule has 0 saturated heterocycles. The lowest BCUT2D eigenvalue weighted by molar-refractivity contribution is 0.0946. The van der Waals surface area contributed by atoms with E-state index in [1.807, 2.05) is 18.2 Å². The van der Waals surface area contributed by atoms with Crippen LogP contribution < -0.4 is 10.6 Å². The monoisotopic (exact) mass is 573 g/mol. The summed E-state index contributed by atoms with van der Waals surface area (Å²) in [4.78, 5) is 27.3. The van der Waals surface area contributed by atoms with Gasteiger partial charge in [-0.15, -0.1) is 0 Å². The highest BCUT2D eigenvalue weighted by Crippen LogP contribution is 2.14. The quantitative estimate of drug-likeness (QED) is 0.103. The van der Waals surface area contributed by atoms with Gasteiger partial charge in [-0.1, -0.05) is 142 Å². The Morgan fingerprint density at radius 1 is 0.634 bits per heavy atom. The van der Waals surface area contributed by atoms with E-state index in [1.54, 1.807) is 6.07 Å². The Hall–Kier alpha value is -2.08. The summed E-state index contributed by atoms with van der Waals surface area (Å²) in [5, 5.41) is 5.87. The molecule has 0 aliphatic carbocycles. The van der Waals surface area contributed by atoms with Crippen LogP contribution in [0.1, 0.15) is 152 Å². The SMILES string of the molecule is CCCCCCCCCCCCCCCCCCNC(=O)c1ccccc1COC(=O)NCCN(CC)CCCC. The second-order valence-corrected chi connectivity index (χ2v) is 11.5. The van der Waals surface area contributed by atoms with Crippen molar-refractivity contribution >= 4 is 12.0 Å². The lowest BCUT2D eigenvalue weighted by Crippen LogP contribution is -2.35. The molecule has 0 heterocycles. The molecule has 0 fully saturated rings. The molecule has 2 N–H and O–H groups in total. The number of carbonyl (C=O) groups excluding carboxylic acids is 2. The Morgan fingerprint density at radius 2 is 1.17 bits per heavy atom. The number of unbranched alkanes of at least 4 members (excludes halogenated alkanes) is 16. The van der Waals surface area contributed by atoms with E-state index in [2.05, 4.69) is 36.3 Å². The van der Waals surface area contributed by atoms with Crippen LogP contribution in [0.3, 0.4) is 0 Å². The largest absolute Gasteiger partial charge is 0.445 e. The lowest BCUT2D eigenvalue weighted by atomic mass is 10.0. The van der Waals surface area contributed by atoms with Crippen molar-refractivity contribution in [2.45, 2.75) is 143 Å². The fourth-order valence-corrected chi connectivity index (χ4v) is 5.16. The van der Waals surface area contributed by atoms with Gasteiger partial charge in [0.25, 0.3) is 5.91 Å². The number of carbonyl (C=O) groups is 2. The summed E-state index contributed by atoms with van der Waals surface area (Å²) in [5.41, 5.74) is 1.30. The first-order valence-electron chi connectivity index (χ1n) is 17.1. The van der Waals surface area contributed by atoms with Crippen LogP contribution in [-0.2, 0) is 11.3 Å². The Balaban J connectivity index is 2.09. The molecule has 6 nitrogen and oxygen atoms in total. The number of hydrogen-bond donors (Lipinski definition) is 2. The Kier molecular flexibility index (Phi) is 24.1. The molecule has 0 aliphatic heterocycles. The Bertz CT molecular complexity index is 771. The van der Waals surface area contributed by atoms with Crippen molar-refractivity contribution in [2.24, 2.45) is 0 Å². The highest BCUT2D eigenvalue weighted by Gasteiger charge is 2.12. The van der Waals surface area contributed by atoms with E-state index < -0.39 is 6.09 Å². The average Bonchev–Trinajstić information content (AvgIpc) is 2.99. The molecule has 0 bridgehead atoms. The lowest BCUT2D eigenvalue weighted by Gasteiger charge is -2.20. The topological polar surface area (TPSA) is 70.7 Å². The second kappa shape index (κ2) is 26.8. The molecule has 0 radical (unpaired) electrons. The minimum absolute atomic E-state index is 0.0851. The summed E-state index contributed by atoms with van der Waals surface area (Å²) in [7, 11) is 0. The molecular weight excluding hydrogens is 510 g/mol. The van der Waals surface area contributed by atoms with E-state index in [4.69, 9.17) is 4.74 Å². The summed E-state index contributed by atoms with van der Waals surface area (Å²) >= 11 is 0. The molecule has 1 aromatic carbocycles. The van der Waals surface area contributed by atoms with Gasteiger partial charge in [-0.3, -0.25) is 4.79 Å². The zero-order valence-corrected chi connectivity index (χ0v) is 27.0. The first kappa shape index (κ1) is 36.9. The third kappa shape index (κ3) is 20.4. The molecule has 0 aromatic heterocycles. The van der Waals surface area contributed by atoms with Crippen LogP contribution in [0.15, 0.2) is 24.3 Å². The first-order valence-corrected chi connectivity index (χ1v) is 17.1. The number of likely N-dealkylation sites (N-methyl/N-ethyl adjacent to an activating group) is 1. The molecule has 1 aromatic rings. The number of alkyl carbamates (subject to hydrolysis) is 1. The Labute approximate surface area is 252 Å². The second-order valence-electron chi connectivity index (χ2n) is 11.5. The van der Waals surface area contributed by atoms with E-state index in [0.717, 1.165) is 44.5 Å². The van der Waals surface area contributed by atoms with Crippen molar-refractivity contribution in [1.29, 1.82) is 0 Å². The molecule has 6 heteroatoms. The number of rotatable bonds is 27. The fourth-order valence-electron chi connectivity index (χ4n) is 5.16. The molecule has 0 saturated carbocycles. The van der Waals surface area contributed by atoms with Crippen LogP contribution in [-0.4, -0.2) is 49.6 Å². The normalized spacial score (nSPS) is 11.1. The summed E-state index contributed by atoms with van der Waals surface area (Å²) in [6, 6.07) is 7.37. The van der Waals surface area contributed by atoms with Gasteiger partial charge in [0.2, 0.25) is 0 Å². The number of nitrogens with one attached hydrogen (secondary N) is 2. The number of hydrogen-bond acceptors (Lipinski definition) is 4. The minimum Gasteiger partial charge on any atom is -0.445 e. The molecule has 41 heavy (non-hydrogen) atoms. The van der Waals surface area contributed by atoms with Crippen LogP contribution in [0.5, 0.6) is 0 Å². The predicted molar refractivity (Wildman–Crippen MR) is 174 cm³/mol. The van der Waals surface area contributed by atoms with Crippen molar-refractivity contribution in [3.8, 4) is 0 Å². The minimum atomic E-state index is -0.445. The van der Waals surface area contributed by atoms with Gasteiger partial charge in [0.1, 0.15) is 6.61 Å². The molecule has 0 unspecified atom stereocenters. The van der Waals surface area contributed by atoms with Crippen LogP contribution in [0.2, 0.25) is 0 Å². The smallest absolute Gasteiger partial charge is 0.407 e. The van der Waals surface area contributed by atoms with Gasteiger partial charge in [0, 0.05) is 30.8 Å². The van der Waals surface area contributed by atoms with Crippen molar-refractivity contribution < 1.29 is 14.3 Å². The van der Waals surface area contributed by atoms with Gasteiger partial charge >= 0.3 is 6.09 Å². The van der Waals surface area contributed by atoms with Gasteiger partial charge in [0.05, 0.1) is 0 Å². The van der Waals surface area contributed by atoms with Gasteiger partial charge in [-0.25, -0.2) is 4.79 Å². The van der Waals surface area contributed by atoms with Crippen molar-refractivity contribution in [3.63, 3.8) is 0 Å². The maximum absolute atomic E-state index is 12.8. The molecular formula is C35H63N3O3. The molecule has 0 spiro atoms. The number of benzene rings is 1. The Morgan fingerprint density at radius 3 is 1.73 bits per heavy atom. The molecule has 236 valence electrons. The maximum atomic E-state index is 12.8. The highest BCUT2D eigenvalue weighted by molar-refractivity contribution is 5.95. The average molecular weight is 574 g/mol. The highest BCUT2D eigenvalue weighted by atomic mass is 16.5. The van der Waals surface area contributed by atoms with Gasteiger partial charge < -0.3 is 20.3 Å². The van der Waals surface area contributed by atoms with Gasteiger partial charge in [0.15, 0.2) is 0 Å². The summed E-state index contributed by atoms with van der Waals surface area (Å²) < 4.78 is 5.41. The third-order valence-electron chi connectivity index (χ3n) is 7.91. The predicted octanol–water partition coefficient (Wildman–Crippen LogP) is 9.03. The van der Waals surface area contributed by atoms with E-state index in [1.165, 1.54) is 96.3 Å². The van der Waals surface area contributed by atoms with Crippen molar-refractivity contribution in [1.82, 2.24) is 15.5 Å².